The van der Waals surface area contributed by atoms with Crippen molar-refractivity contribution >= 4 is 11.8 Å². The number of hydrogen-bond acceptors (Lipinski definition) is 2. The third-order valence-corrected chi connectivity index (χ3v) is 5.24. The molecule has 2 unspecified atom stereocenters. The Bertz CT molecular complexity index is 173. The molecule has 0 aromatic carbocycles. The summed E-state index contributed by atoms with van der Waals surface area (Å²) in [6.07, 6.45) is 12.4. The maximum absolute atomic E-state index is 3.73. The van der Waals surface area contributed by atoms with Crippen LogP contribution in [-0.2, 0) is 0 Å². The quantitative estimate of drug-likeness (QED) is 0.415. The molecule has 0 radical (unpaired) electrons. The lowest BCUT2D eigenvalue weighted by atomic mass is 10.1. The second-order valence-electron chi connectivity index (χ2n) is 5.76. The summed E-state index contributed by atoms with van der Waals surface area (Å²) < 4.78 is 0. The van der Waals surface area contributed by atoms with Gasteiger partial charge in [-0.2, -0.15) is 11.8 Å². The molecule has 0 aliphatic heterocycles. The second kappa shape index (κ2) is 14.7. The van der Waals surface area contributed by atoms with Crippen LogP contribution in [0.4, 0.5) is 0 Å². The highest BCUT2D eigenvalue weighted by Gasteiger charge is 2.09. The minimum absolute atomic E-state index is 0.741. The number of nitrogens with one attached hydrogen (secondary N) is 1. The third-order valence-electron chi connectivity index (χ3n) is 3.75. The van der Waals surface area contributed by atoms with Gasteiger partial charge in [0.25, 0.3) is 0 Å². The Kier molecular flexibility index (Phi) is 15.0. The van der Waals surface area contributed by atoms with Gasteiger partial charge in [0.05, 0.1) is 0 Å². The first kappa shape index (κ1) is 19.3. The average molecular weight is 288 g/mol. The summed E-state index contributed by atoms with van der Waals surface area (Å²) in [6, 6.07) is 0.741. The summed E-state index contributed by atoms with van der Waals surface area (Å²) in [5.41, 5.74) is 0. The van der Waals surface area contributed by atoms with Gasteiger partial charge in [-0.1, -0.05) is 66.2 Å². The van der Waals surface area contributed by atoms with Gasteiger partial charge in [-0.15, -0.1) is 0 Å². The lowest BCUT2D eigenvalue weighted by Gasteiger charge is -2.20. The monoisotopic (exact) mass is 287 g/mol. The summed E-state index contributed by atoms with van der Waals surface area (Å²) >= 11 is 2.14. The molecule has 0 rings (SSSR count). The first-order valence-corrected chi connectivity index (χ1v) is 9.64. The lowest BCUT2D eigenvalue weighted by molar-refractivity contribution is 0.483. The highest BCUT2D eigenvalue weighted by molar-refractivity contribution is 7.99. The van der Waals surface area contributed by atoms with Crippen molar-refractivity contribution in [1.29, 1.82) is 0 Å². The van der Waals surface area contributed by atoms with Crippen molar-refractivity contribution in [2.24, 2.45) is 0 Å². The van der Waals surface area contributed by atoms with Gasteiger partial charge in [0.1, 0.15) is 0 Å². The molecule has 2 heteroatoms. The second-order valence-corrected chi connectivity index (χ2v) is 7.23. The summed E-state index contributed by atoms with van der Waals surface area (Å²) in [4.78, 5) is 0. The van der Waals surface area contributed by atoms with Crippen LogP contribution in [0, 0.1) is 0 Å². The molecule has 0 heterocycles. The molecular weight excluding hydrogens is 250 g/mol. The van der Waals surface area contributed by atoms with Gasteiger partial charge in [0.2, 0.25) is 0 Å². The minimum Gasteiger partial charge on any atom is -0.313 e. The minimum atomic E-state index is 0.741. The molecule has 0 aliphatic carbocycles. The van der Waals surface area contributed by atoms with Gasteiger partial charge < -0.3 is 5.32 Å². The Morgan fingerprint density at radius 1 is 0.895 bits per heavy atom. The van der Waals surface area contributed by atoms with E-state index in [0.29, 0.717) is 0 Å². The normalized spacial score (nSPS) is 14.5. The smallest absolute Gasteiger partial charge is 0.0158 e. The highest BCUT2D eigenvalue weighted by Crippen LogP contribution is 2.17. The molecule has 0 spiro atoms. The number of thioether (sulfide) groups is 1. The topological polar surface area (TPSA) is 12.0 Å². The van der Waals surface area contributed by atoms with Crippen molar-refractivity contribution in [2.45, 2.75) is 96.8 Å². The van der Waals surface area contributed by atoms with Gasteiger partial charge in [0.15, 0.2) is 0 Å². The molecule has 116 valence electrons. The van der Waals surface area contributed by atoms with E-state index < -0.39 is 0 Å². The number of unbranched alkanes of at least 4 members (excludes halogenated alkanes) is 5. The van der Waals surface area contributed by atoms with Crippen molar-refractivity contribution in [3.05, 3.63) is 0 Å². The number of rotatable bonds is 14. The van der Waals surface area contributed by atoms with Crippen LogP contribution in [0.3, 0.4) is 0 Å². The first-order valence-electron chi connectivity index (χ1n) is 8.59. The molecule has 0 saturated heterocycles. The average Bonchev–Trinajstić information content (AvgIpc) is 2.44. The van der Waals surface area contributed by atoms with E-state index in [9.17, 15) is 0 Å². The molecule has 0 fully saturated rings. The molecule has 0 saturated carbocycles. The van der Waals surface area contributed by atoms with E-state index in [-0.39, 0.29) is 0 Å². The maximum atomic E-state index is 3.73. The highest BCUT2D eigenvalue weighted by atomic mass is 32.2. The SMILES string of the molecule is CCCCCCCCC(CSC(C)CC)NCCC. The van der Waals surface area contributed by atoms with E-state index in [1.165, 1.54) is 70.1 Å². The summed E-state index contributed by atoms with van der Waals surface area (Å²) in [7, 11) is 0. The Morgan fingerprint density at radius 2 is 1.58 bits per heavy atom. The van der Waals surface area contributed by atoms with Gasteiger partial charge in [0, 0.05) is 17.0 Å². The van der Waals surface area contributed by atoms with Crippen LogP contribution in [0.25, 0.3) is 0 Å². The van der Waals surface area contributed by atoms with Crippen LogP contribution < -0.4 is 5.32 Å². The molecule has 1 N–H and O–H groups in total. The standard InChI is InChI=1S/C17H37NS/c1-5-8-9-10-11-12-13-17(18-14-6-2)15-19-16(4)7-3/h16-18H,5-15H2,1-4H3. The molecule has 0 aromatic rings. The van der Waals surface area contributed by atoms with Crippen molar-refractivity contribution < 1.29 is 0 Å². The Hall–Kier alpha value is 0.310. The van der Waals surface area contributed by atoms with E-state index in [2.05, 4.69) is 44.8 Å². The largest absolute Gasteiger partial charge is 0.313 e. The van der Waals surface area contributed by atoms with E-state index in [1.54, 1.807) is 0 Å². The van der Waals surface area contributed by atoms with Crippen LogP contribution in [0.5, 0.6) is 0 Å². The first-order chi connectivity index (χ1) is 9.24. The Labute approximate surface area is 126 Å². The van der Waals surface area contributed by atoms with Gasteiger partial charge in [-0.25, -0.2) is 0 Å². The number of hydrogen-bond donors (Lipinski definition) is 1. The van der Waals surface area contributed by atoms with Gasteiger partial charge in [-0.3, -0.25) is 0 Å². The fraction of sp³-hybridized carbons (Fsp3) is 1.00. The summed E-state index contributed by atoms with van der Waals surface area (Å²) in [5, 5.41) is 4.55. The van der Waals surface area contributed by atoms with Gasteiger partial charge in [-0.05, 0) is 25.8 Å². The molecule has 0 aromatic heterocycles. The fourth-order valence-electron chi connectivity index (χ4n) is 2.16. The van der Waals surface area contributed by atoms with E-state index in [4.69, 9.17) is 0 Å². The molecular formula is C17H37NS. The summed E-state index contributed by atoms with van der Waals surface area (Å²) in [5.74, 6) is 1.30. The molecule has 0 amide bonds. The van der Waals surface area contributed by atoms with Crippen molar-refractivity contribution in [3.8, 4) is 0 Å². The Morgan fingerprint density at radius 3 is 2.21 bits per heavy atom. The zero-order valence-corrected chi connectivity index (χ0v) is 14.7. The third kappa shape index (κ3) is 13.1. The van der Waals surface area contributed by atoms with Crippen molar-refractivity contribution in [3.63, 3.8) is 0 Å². The van der Waals surface area contributed by atoms with Crippen LogP contribution in [0.15, 0.2) is 0 Å². The maximum Gasteiger partial charge on any atom is 0.0158 e. The van der Waals surface area contributed by atoms with Crippen LogP contribution in [-0.4, -0.2) is 23.6 Å². The van der Waals surface area contributed by atoms with Crippen LogP contribution in [0.2, 0.25) is 0 Å². The van der Waals surface area contributed by atoms with Gasteiger partial charge >= 0.3 is 0 Å². The van der Waals surface area contributed by atoms with E-state index in [1.807, 2.05) is 0 Å². The van der Waals surface area contributed by atoms with Crippen LogP contribution in [0.1, 0.15) is 85.5 Å². The molecule has 0 bridgehead atoms. The predicted octanol–water partition coefficient (Wildman–Crippen LogP) is 5.64. The van der Waals surface area contributed by atoms with Crippen molar-refractivity contribution in [1.82, 2.24) is 5.32 Å². The zero-order chi connectivity index (χ0) is 14.3. The molecule has 0 aliphatic rings. The molecule has 2 atom stereocenters. The molecule has 1 nitrogen and oxygen atoms in total. The predicted molar refractivity (Wildman–Crippen MR) is 92.3 cm³/mol. The van der Waals surface area contributed by atoms with E-state index in [0.717, 1.165) is 11.3 Å². The van der Waals surface area contributed by atoms with Crippen molar-refractivity contribution in [2.75, 3.05) is 12.3 Å². The van der Waals surface area contributed by atoms with E-state index >= 15 is 0 Å². The Balaban J connectivity index is 3.66. The summed E-state index contributed by atoms with van der Waals surface area (Å²) in [6.45, 7) is 10.4. The zero-order valence-electron chi connectivity index (χ0n) is 13.8. The van der Waals surface area contributed by atoms with Crippen LogP contribution >= 0.6 is 11.8 Å². The molecule has 19 heavy (non-hydrogen) atoms. The fourth-order valence-corrected chi connectivity index (χ4v) is 3.24. The lowest BCUT2D eigenvalue weighted by Crippen LogP contribution is -2.32.